The van der Waals surface area contributed by atoms with Crippen LogP contribution in [0.4, 0.5) is 19.0 Å². The van der Waals surface area contributed by atoms with E-state index >= 15 is 0 Å². The minimum absolute atomic E-state index is 0.0638. The summed E-state index contributed by atoms with van der Waals surface area (Å²) >= 11 is 0. The number of rotatable bonds is 2. The summed E-state index contributed by atoms with van der Waals surface area (Å²) in [6.45, 7) is 0.511. The maximum Gasteiger partial charge on any atom is 0.405 e. The molecule has 0 aliphatic carbocycles. The zero-order valence-electron chi connectivity index (χ0n) is 8.91. The van der Waals surface area contributed by atoms with E-state index in [9.17, 15) is 13.2 Å². The summed E-state index contributed by atoms with van der Waals surface area (Å²) in [5.74, 6) is 0.266. The summed E-state index contributed by atoms with van der Waals surface area (Å²) in [4.78, 5) is 1.65. The Labute approximate surface area is 95.8 Å². The third-order valence-corrected chi connectivity index (χ3v) is 2.53. The fourth-order valence-corrected chi connectivity index (χ4v) is 1.74. The van der Waals surface area contributed by atoms with Gasteiger partial charge in [0.15, 0.2) is 0 Å². The van der Waals surface area contributed by atoms with E-state index in [0.717, 1.165) is 5.56 Å². The van der Waals surface area contributed by atoms with Crippen LogP contribution in [0.3, 0.4) is 0 Å². The molecule has 1 fully saturated rings. The molecule has 5 nitrogen and oxygen atoms in total. The van der Waals surface area contributed by atoms with Crippen molar-refractivity contribution in [2.24, 2.45) is 0 Å². The van der Waals surface area contributed by atoms with Gasteiger partial charge >= 0.3 is 6.18 Å². The number of hydrogen-bond donors (Lipinski definition) is 2. The van der Waals surface area contributed by atoms with Gasteiger partial charge < -0.3 is 5.73 Å². The molecular formula is C9H12F3N5. The third-order valence-electron chi connectivity index (χ3n) is 2.53. The van der Waals surface area contributed by atoms with Crippen LogP contribution in [0, 0.1) is 0 Å². The van der Waals surface area contributed by atoms with Crippen LogP contribution in [0.2, 0.25) is 0 Å². The normalized spacial score (nSPS) is 21.9. The van der Waals surface area contributed by atoms with Gasteiger partial charge in [-0.05, 0) is 11.6 Å². The highest BCUT2D eigenvalue weighted by molar-refractivity contribution is 5.29. The van der Waals surface area contributed by atoms with E-state index < -0.39 is 12.2 Å². The van der Waals surface area contributed by atoms with Crippen LogP contribution in [0.5, 0.6) is 0 Å². The van der Waals surface area contributed by atoms with Crippen molar-refractivity contribution in [1.82, 2.24) is 20.4 Å². The first-order valence-corrected chi connectivity index (χ1v) is 5.04. The van der Waals surface area contributed by atoms with E-state index in [1.165, 1.54) is 6.20 Å². The molecule has 0 spiro atoms. The third kappa shape index (κ3) is 3.04. The van der Waals surface area contributed by atoms with Crippen LogP contribution in [0.15, 0.2) is 12.3 Å². The topological polar surface area (TPSA) is 67.1 Å². The highest BCUT2D eigenvalue weighted by Crippen LogP contribution is 2.24. The molecule has 1 aromatic heterocycles. The van der Waals surface area contributed by atoms with Gasteiger partial charge in [-0.3, -0.25) is 10.2 Å². The molecule has 0 bridgehead atoms. The molecule has 8 heteroatoms. The quantitative estimate of drug-likeness (QED) is 0.789. The molecule has 0 radical (unpaired) electrons. The lowest BCUT2D eigenvalue weighted by molar-refractivity contribution is -0.150. The predicted octanol–water partition coefficient (Wildman–Crippen LogP) is 0.352. The Kier molecular flexibility index (Phi) is 3.16. The largest absolute Gasteiger partial charge is 0.405 e. The Bertz CT molecular complexity index is 394. The second kappa shape index (κ2) is 4.46. The van der Waals surface area contributed by atoms with E-state index in [1.807, 2.05) is 0 Å². The number of nitrogen functional groups attached to an aromatic ring is 1. The number of halogens is 3. The Morgan fingerprint density at radius 1 is 1.53 bits per heavy atom. The highest BCUT2D eigenvalue weighted by atomic mass is 19.4. The minimum atomic E-state index is -4.20. The first-order chi connectivity index (χ1) is 7.95. The van der Waals surface area contributed by atoms with Crippen LogP contribution in [-0.4, -0.2) is 40.5 Å². The molecule has 1 atom stereocenters. The lowest BCUT2D eigenvalue weighted by atomic mass is 10.2. The van der Waals surface area contributed by atoms with Gasteiger partial charge in [-0.15, -0.1) is 5.10 Å². The van der Waals surface area contributed by atoms with Crippen LogP contribution in [0.25, 0.3) is 0 Å². The van der Waals surface area contributed by atoms with Crippen molar-refractivity contribution in [3.05, 3.63) is 17.8 Å². The molecule has 17 heavy (non-hydrogen) atoms. The lowest BCUT2D eigenvalue weighted by Gasteiger charge is -2.16. The summed E-state index contributed by atoms with van der Waals surface area (Å²) in [7, 11) is 0. The van der Waals surface area contributed by atoms with Gasteiger partial charge in [0.2, 0.25) is 0 Å². The Hall–Kier alpha value is -1.41. The molecule has 3 N–H and O–H groups in total. The molecule has 0 amide bonds. The molecule has 1 saturated heterocycles. The van der Waals surface area contributed by atoms with Gasteiger partial charge in [-0.1, -0.05) is 0 Å². The smallest absolute Gasteiger partial charge is 0.382 e. The average molecular weight is 247 g/mol. The molecular weight excluding hydrogens is 235 g/mol. The van der Waals surface area contributed by atoms with Gasteiger partial charge in [0, 0.05) is 19.8 Å². The molecule has 1 aliphatic rings. The summed E-state index contributed by atoms with van der Waals surface area (Å²) in [5, 5.41) is 9.65. The Morgan fingerprint density at radius 2 is 2.29 bits per heavy atom. The maximum atomic E-state index is 12.4. The first-order valence-electron chi connectivity index (χ1n) is 5.04. The fourth-order valence-electron chi connectivity index (χ4n) is 1.74. The lowest BCUT2D eigenvalue weighted by Crippen LogP contribution is -2.39. The SMILES string of the molecule is Nc1cc(CN2CN[C@H](C(F)(F)F)C2)cnn1. The standard InChI is InChI=1S/C9H12F3N5/c10-9(11,12)7-4-17(5-14-7)3-6-1-8(13)16-15-2-6/h1-2,7,14H,3-5H2,(H2,13,16)/t7-/m0/s1. The van der Waals surface area contributed by atoms with E-state index in [1.54, 1.807) is 11.0 Å². The fraction of sp³-hybridized carbons (Fsp3) is 0.556. The van der Waals surface area contributed by atoms with Crippen LogP contribution in [0.1, 0.15) is 5.56 Å². The molecule has 0 unspecified atom stereocenters. The van der Waals surface area contributed by atoms with Crippen molar-refractivity contribution in [1.29, 1.82) is 0 Å². The van der Waals surface area contributed by atoms with Crippen molar-refractivity contribution >= 4 is 5.82 Å². The predicted molar refractivity (Wildman–Crippen MR) is 54.7 cm³/mol. The summed E-state index contributed by atoms with van der Waals surface area (Å²) in [6.07, 6.45) is -2.71. The monoisotopic (exact) mass is 247 g/mol. The number of nitrogens with zero attached hydrogens (tertiary/aromatic N) is 3. The molecule has 2 heterocycles. The van der Waals surface area contributed by atoms with E-state index in [0.29, 0.717) is 6.54 Å². The number of aromatic nitrogens is 2. The van der Waals surface area contributed by atoms with Gasteiger partial charge in [0.05, 0.1) is 6.20 Å². The van der Waals surface area contributed by atoms with Crippen LogP contribution in [-0.2, 0) is 6.54 Å². The van der Waals surface area contributed by atoms with E-state index in [2.05, 4.69) is 15.5 Å². The van der Waals surface area contributed by atoms with Crippen molar-refractivity contribution in [2.75, 3.05) is 18.9 Å². The number of nitrogens with two attached hydrogens (primary N) is 1. The van der Waals surface area contributed by atoms with Crippen molar-refractivity contribution in [3.63, 3.8) is 0 Å². The second-order valence-electron chi connectivity index (χ2n) is 3.96. The summed E-state index contributed by atoms with van der Waals surface area (Å²) in [5.41, 5.74) is 6.19. The van der Waals surface area contributed by atoms with Gasteiger partial charge in [0.25, 0.3) is 0 Å². The van der Waals surface area contributed by atoms with Gasteiger partial charge in [-0.25, -0.2) is 0 Å². The Balaban J connectivity index is 1.94. The highest BCUT2D eigenvalue weighted by Gasteiger charge is 2.43. The van der Waals surface area contributed by atoms with E-state index in [-0.39, 0.29) is 19.0 Å². The van der Waals surface area contributed by atoms with Crippen molar-refractivity contribution in [2.45, 2.75) is 18.8 Å². The van der Waals surface area contributed by atoms with Crippen molar-refractivity contribution in [3.8, 4) is 0 Å². The van der Waals surface area contributed by atoms with Crippen LogP contribution >= 0.6 is 0 Å². The average Bonchev–Trinajstić information content (AvgIpc) is 2.65. The second-order valence-corrected chi connectivity index (χ2v) is 3.96. The minimum Gasteiger partial charge on any atom is -0.382 e. The number of anilines is 1. The van der Waals surface area contributed by atoms with Crippen LogP contribution < -0.4 is 11.1 Å². The molecule has 1 aliphatic heterocycles. The summed E-state index contributed by atoms with van der Waals surface area (Å²) < 4.78 is 37.2. The summed E-state index contributed by atoms with van der Waals surface area (Å²) in [6, 6.07) is 0.142. The van der Waals surface area contributed by atoms with Gasteiger partial charge in [-0.2, -0.15) is 18.3 Å². The molecule has 1 aromatic rings. The van der Waals surface area contributed by atoms with E-state index in [4.69, 9.17) is 5.73 Å². The molecule has 94 valence electrons. The number of alkyl halides is 3. The zero-order chi connectivity index (χ0) is 12.5. The first kappa shape index (κ1) is 12.1. The molecule has 0 saturated carbocycles. The Morgan fingerprint density at radius 3 is 2.88 bits per heavy atom. The van der Waals surface area contributed by atoms with Crippen molar-refractivity contribution < 1.29 is 13.2 Å². The maximum absolute atomic E-state index is 12.4. The zero-order valence-corrected chi connectivity index (χ0v) is 8.91. The molecule has 2 rings (SSSR count). The van der Waals surface area contributed by atoms with Gasteiger partial charge in [0.1, 0.15) is 11.9 Å². The number of hydrogen-bond acceptors (Lipinski definition) is 5. The number of nitrogens with one attached hydrogen (secondary N) is 1. The molecule has 0 aromatic carbocycles.